The Hall–Kier alpha value is -3.96. The van der Waals surface area contributed by atoms with Crippen LogP contribution >= 0.6 is 23.6 Å². The number of halogens is 2. The van der Waals surface area contributed by atoms with E-state index in [9.17, 15) is 18.4 Å². The van der Waals surface area contributed by atoms with Gasteiger partial charge in [-0.25, -0.2) is 8.78 Å². The number of amides is 2. The lowest BCUT2D eigenvalue weighted by molar-refractivity contribution is -0.119. The summed E-state index contributed by atoms with van der Waals surface area (Å²) in [5.41, 5.74) is 1.13. The van der Waals surface area contributed by atoms with E-state index in [0.29, 0.717) is 26.5 Å². The minimum atomic E-state index is -0.662. The molecule has 1 saturated heterocycles. The molecule has 2 amide bonds. The Morgan fingerprint density at radius 2 is 1.82 bits per heavy atom. The first kappa shape index (κ1) is 25.7. The Morgan fingerprint density at radius 3 is 2.58 bits per heavy atom. The molecule has 7 nitrogen and oxygen atoms in total. The molecule has 0 spiro atoms. The summed E-state index contributed by atoms with van der Waals surface area (Å²) in [6, 6.07) is 13.5. The first-order valence-corrected chi connectivity index (χ1v) is 13.1. The highest BCUT2D eigenvalue weighted by molar-refractivity contribution is 7.80. The van der Waals surface area contributed by atoms with Crippen molar-refractivity contribution < 1.29 is 23.1 Å². The van der Waals surface area contributed by atoms with Crippen LogP contribution in [-0.2, 0) is 11.2 Å². The fraction of sp³-hybridized carbons (Fsp3) is 0.185. The van der Waals surface area contributed by atoms with Crippen LogP contribution in [0.4, 0.5) is 14.5 Å². The van der Waals surface area contributed by atoms with Gasteiger partial charge in [0.05, 0.1) is 21.5 Å². The van der Waals surface area contributed by atoms with Crippen molar-refractivity contribution in [1.82, 2.24) is 15.2 Å². The minimum absolute atomic E-state index is 0.0293. The molecule has 0 saturated carbocycles. The van der Waals surface area contributed by atoms with Crippen LogP contribution in [0.2, 0.25) is 0 Å². The summed E-state index contributed by atoms with van der Waals surface area (Å²) in [4.78, 5) is 31.7. The number of thiophene rings is 1. The molecule has 0 bridgehead atoms. The minimum Gasteiger partial charge on any atom is -0.453 e. The van der Waals surface area contributed by atoms with Crippen molar-refractivity contribution in [3.63, 3.8) is 0 Å². The van der Waals surface area contributed by atoms with Gasteiger partial charge in [-0.15, -0.1) is 11.3 Å². The number of nitrogens with zero attached hydrogens (tertiary/aromatic N) is 2. The predicted molar refractivity (Wildman–Crippen MR) is 146 cm³/mol. The number of ether oxygens (including phenoxy) is 1. The number of aromatic nitrogens is 1. The van der Waals surface area contributed by atoms with Gasteiger partial charge in [0.15, 0.2) is 16.7 Å². The molecule has 4 aromatic rings. The lowest BCUT2D eigenvalue weighted by atomic mass is 10.1. The van der Waals surface area contributed by atoms with Crippen molar-refractivity contribution in [2.75, 3.05) is 18.4 Å². The van der Waals surface area contributed by atoms with E-state index in [-0.39, 0.29) is 28.8 Å². The average molecular weight is 553 g/mol. The maximum atomic E-state index is 14.9. The molecule has 1 aliphatic rings. The molecular weight excluding hydrogens is 530 g/mol. The standard InChI is InChI=1S/C27H22F2N4O3S2/c28-18-6-2-1-5-16(18)13-24(34)32-27(37)31-17-7-8-21(19(29)14-17)36-22-9-10-30-20-15-23(38-25(20)22)26(35)33-11-3-4-12-33/h1-2,5-10,14-15H,3-4,11-13H2,(H2,31,32,34,37). The molecule has 0 radical (unpaired) electrons. The lowest BCUT2D eigenvalue weighted by Crippen LogP contribution is -2.35. The van der Waals surface area contributed by atoms with Crippen molar-refractivity contribution in [1.29, 1.82) is 0 Å². The van der Waals surface area contributed by atoms with E-state index >= 15 is 0 Å². The van der Waals surface area contributed by atoms with Crippen LogP contribution in [0.15, 0.2) is 60.8 Å². The molecule has 2 N–H and O–H groups in total. The number of thiocarbonyl (C=S) groups is 1. The van der Waals surface area contributed by atoms with Gasteiger partial charge >= 0.3 is 0 Å². The van der Waals surface area contributed by atoms with Crippen LogP contribution in [0, 0.1) is 11.6 Å². The van der Waals surface area contributed by atoms with Crippen LogP contribution in [0.3, 0.4) is 0 Å². The summed E-state index contributed by atoms with van der Waals surface area (Å²) in [6.45, 7) is 1.49. The summed E-state index contributed by atoms with van der Waals surface area (Å²) in [5, 5.41) is 5.14. The molecule has 3 heterocycles. The highest BCUT2D eigenvalue weighted by Crippen LogP contribution is 2.36. The third-order valence-corrected chi connectivity index (χ3v) is 7.28. The van der Waals surface area contributed by atoms with Gasteiger partial charge in [0.25, 0.3) is 5.91 Å². The Labute approximate surface area is 226 Å². The molecule has 1 fully saturated rings. The third kappa shape index (κ3) is 5.79. The second kappa shape index (κ2) is 11.2. The maximum absolute atomic E-state index is 14.9. The van der Waals surface area contributed by atoms with E-state index in [1.165, 1.54) is 41.7 Å². The molecule has 38 heavy (non-hydrogen) atoms. The Bertz CT molecular complexity index is 1540. The summed E-state index contributed by atoms with van der Waals surface area (Å²) in [6.07, 6.45) is 3.35. The van der Waals surface area contributed by atoms with Gasteiger partial charge < -0.3 is 20.3 Å². The Kier molecular flexibility index (Phi) is 7.57. The summed E-state index contributed by atoms with van der Waals surface area (Å²) >= 11 is 6.40. The van der Waals surface area contributed by atoms with Crippen molar-refractivity contribution in [3.8, 4) is 11.5 Å². The van der Waals surface area contributed by atoms with Crippen molar-refractivity contribution in [2.45, 2.75) is 19.3 Å². The number of anilines is 1. The number of hydrogen-bond donors (Lipinski definition) is 2. The van der Waals surface area contributed by atoms with Gasteiger partial charge in [-0.3, -0.25) is 14.6 Å². The molecular formula is C27H22F2N4O3S2. The number of likely N-dealkylation sites (tertiary alicyclic amines) is 1. The van der Waals surface area contributed by atoms with Crippen LogP contribution in [-0.4, -0.2) is 39.9 Å². The van der Waals surface area contributed by atoms with E-state index < -0.39 is 17.5 Å². The first-order chi connectivity index (χ1) is 18.4. The molecule has 11 heteroatoms. The SMILES string of the molecule is O=C(Cc1ccccc1F)NC(=S)Nc1ccc(Oc2ccnc3cc(C(=O)N4CCCC4)sc23)c(F)c1. The molecule has 2 aromatic carbocycles. The van der Waals surface area contributed by atoms with E-state index in [4.69, 9.17) is 17.0 Å². The molecule has 5 rings (SSSR count). The number of nitrogens with one attached hydrogen (secondary N) is 2. The normalized spacial score (nSPS) is 12.9. The monoisotopic (exact) mass is 552 g/mol. The zero-order valence-corrected chi connectivity index (χ0v) is 21.6. The van der Waals surface area contributed by atoms with Crippen molar-refractivity contribution in [2.24, 2.45) is 0 Å². The van der Waals surface area contributed by atoms with E-state index in [0.717, 1.165) is 25.9 Å². The second-order valence-corrected chi connectivity index (χ2v) is 10.1. The fourth-order valence-electron chi connectivity index (χ4n) is 4.10. The topological polar surface area (TPSA) is 83.6 Å². The molecule has 0 atom stereocenters. The zero-order chi connectivity index (χ0) is 26.6. The maximum Gasteiger partial charge on any atom is 0.264 e. The van der Waals surface area contributed by atoms with Crippen LogP contribution in [0.25, 0.3) is 10.2 Å². The lowest BCUT2D eigenvalue weighted by Gasteiger charge is -2.13. The molecule has 0 aliphatic carbocycles. The smallest absolute Gasteiger partial charge is 0.264 e. The van der Waals surface area contributed by atoms with E-state index in [1.807, 2.05) is 4.90 Å². The predicted octanol–water partition coefficient (Wildman–Crippen LogP) is 5.66. The van der Waals surface area contributed by atoms with E-state index in [2.05, 4.69) is 15.6 Å². The van der Waals surface area contributed by atoms with E-state index in [1.54, 1.807) is 30.5 Å². The fourth-order valence-corrected chi connectivity index (χ4v) is 5.37. The summed E-state index contributed by atoms with van der Waals surface area (Å²) < 4.78 is 35.2. The van der Waals surface area contributed by atoms with Gasteiger partial charge in [-0.1, -0.05) is 18.2 Å². The summed E-state index contributed by atoms with van der Waals surface area (Å²) in [7, 11) is 0. The molecule has 1 aliphatic heterocycles. The summed E-state index contributed by atoms with van der Waals surface area (Å²) in [5.74, 6) is -1.33. The average Bonchev–Trinajstić information content (AvgIpc) is 3.57. The molecule has 194 valence electrons. The van der Waals surface area contributed by atoms with Crippen molar-refractivity contribution in [3.05, 3.63) is 82.9 Å². The Morgan fingerprint density at radius 1 is 1.03 bits per heavy atom. The van der Waals surface area contributed by atoms with Gasteiger partial charge in [-0.2, -0.15) is 0 Å². The van der Waals surface area contributed by atoms with Crippen LogP contribution in [0.1, 0.15) is 28.1 Å². The quantitative estimate of drug-likeness (QED) is 0.301. The van der Waals surface area contributed by atoms with Crippen molar-refractivity contribution >= 4 is 56.4 Å². The largest absolute Gasteiger partial charge is 0.453 e. The number of benzene rings is 2. The highest BCUT2D eigenvalue weighted by Gasteiger charge is 2.23. The number of rotatable bonds is 6. The van der Waals surface area contributed by atoms with Gasteiger partial charge in [-0.05, 0) is 54.9 Å². The van der Waals surface area contributed by atoms with Gasteiger partial charge in [0.2, 0.25) is 5.91 Å². The zero-order valence-electron chi connectivity index (χ0n) is 20.0. The third-order valence-electron chi connectivity index (χ3n) is 5.95. The van der Waals surface area contributed by atoms with Gasteiger partial charge in [0.1, 0.15) is 11.6 Å². The highest BCUT2D eigenvalue weighted by atomic mass is 32.1. The van der Waals surface area contributed by atoms with Crippen LogP contribution < -0.4 is 15.4 Å². The molecule has 0 unspecified atom stereocenters. The number of hydrogen-bond acceptors (Lipinski definition) is 6. The molecule has 2 aromatic heterocycles. The number of fused-ring (bicyclic) bond motifs is 1. The Balaban J connectivity index is 1.24. The second-order valence-electron chi connectivity index (χ2n) is 8.65. The van der Waals surface area contributed by atoms with Crippen LogP contribution in [0.5, 0.6) is 11.5 Å². The number of carbonyl (C=O) groups is 2. The van der Waals surface area contributed by atoms with Gasteiger partial charge in [0, 0.05) is 37.1 Å². The number of carbonyl (C=O) groups excluding carboxylic acids is 2. The number of pyridine rings is 1. The first-order valence-electron chi connectivity index (χ1n) is 11.9.